The Labute approximate surface area is 161 Å². The zero-order chi connectivity index (χ0) is 19.3. The Bertz CT molecular complexity index is 1130. The fourth-order valence-corrected chi connectivity index (χ4v) is 3.85. The van der Waals surface area contributed by atoms with Crippen LogP contribution in [0.2, 0.25) is 0 Å². The predicted octanol–water partition coefficient (Wildman–Crippen LogP) is 2.05. The molecular formula is C19H22N8O. The van der Waals surface area contributed by atoms with Crippen LogP contribution in [0.15, 0.2) is 30.6 Å². The maximum Gasteiger partial charge on any atom is 0.179 e. The summed E-state index contributed by atoms with van der Waals surface area (Å²) in [6.45, 7) is 6.35. The van der Waals surface area contributed by atoms with Gasteiger partial charge >= 0.3 is 0 Å². The van der Waals surface area contributed by atoms with E-state index < -0.39 is 0 Å². The Morgan fingerprint density at radius 2 is 2.14 bits per heavy atom. The number of imidazole rings is 1. The van der Waals surface area contributed by atoms with E-state index in [1.165, 1.54) is 0 Å². The second-order valence-electron chi connectivity index (χ2n) is 7.13. The number of rotatable bonds is 3. The van der Waals surface area contributed by atoms with Crippen molar-refractivity contribution in [3.63, 3.8) is 0 Å². The molecule has 0 spiro atoms. The molecular weight excluding hydrogens is 356 g/mol. The number of aromatic amines is 1. The molecule has 5 heterocycles. The first-order valence-corrected chi connectivity index (χ1v) is 9.36. The van der Waals surface area contributed by atoms with Crippen molar-refractivity contribution < 1.29 is 4.74 Å². The van der Waals surface area contributed by atoms with Crippen molar-refractivity contribution in [2.24, 2.45) is 7.05 Å². The Morgan fingerprint density at radius 3 is 2.86 bits per heavy atom. The van der Waals surface area contributed by atoms with Crippen molar-refractivity contribution in [3.05, 3.63) is 36.3 Å². The lowest BCUT2D eigenvalue weighted by Crippen LogP contribution is -2.44. The molecule has 1 N–H and O–H groups in total. The van der Waals surface area contributed by atoms with Crippen LogP contribution in [-0.2, 0) is 11.8 Å². The lowest BCUT2D eigenvalue weighted by molar-refractivity contribution is 0.0984. The first-order valence-electron chi connectivity index (χ1n) is 9.36. The molecule has 5 rings (SSSR count). The van der Waals surface area contributed by atoms with Gasteiger partial charge in [-0.2, -0.15) is 10.2 Å². The summed E-state index contributed by atoms with van der Waals surface area (Å²) in [5.74, 6) is 1.65. The number of ether oxygens (including phenoxy) is 1. The van der Waals surface area contributed by atoms with Gasteiger partial charge in [0.2, 0.25) is 0 Å². The molecule has 4 aromatic rings. The number of nitrogens with zero attached hydrogens (tertiary/aromatic N) is 7. The zero-order valence-corrected chi connectivity index (χ0v) is 16.1. The Morgan fingerprint density at radius 1 is 1.25 bits per heavy atom. The molecule has 28 heavy (non-hydrogen) atoms. The van der Waals surface area contributed by atoms with E-state index in [0.717, 1.165) is 46.3 Å². The van der Waals surface area contributed by atoms with E-state index in [-0.39, 0.29) is 6.04 Å². The average molecular weight is 378 g/mol. The van der Waals surface area contributed by atoms with Gasteiger partial charge in [-0.1, -0.05) is 0 Å². The van der Waals surface area contributed by atoms with Gasteiger partial charge in [-0.3, -0.25) is 9.78 Å². The molecule has 0 bridgehead atoms. The normalized spacial score (nSPS) is 17.5. The van der Waals surface area contributed by atoms with Crippen molar-refractivity contribution in [3.8, 4) is 22.8 Å². The molecule has 0 saturated carbocycles. The van der Waals surface area contributed by atoms with Crippen LogP contribution < -0.4 is 4.90 Å². The van der Waals surface area contributed by atoms with E-state index in [1.54, 1.807) is 6.20 Å². The minimum atomic E-state index is 0.248. The fourth-order valence-electron chi connectivity index (χ4n) is 3.85. The molecule has 1 fully saturated rings. The molecule has 0 aliphatic carbocycles. The monoisotopic (exact) mass is 378 g/mol. The molecule has 1 aliphatic heterocycles. The molecule has 1 atom stereocenters. The SMILES string of the molecule is Cc1nc(-c2ccn[nH]2)n2nc(N3CCOC[C@H]3C)cc(-c3ccnn3C)c12. The van der Waals surface area contributed by atoms with Gasteiger partial charge in [0, 0.05) is 31.5 Å². The fraction of sp³-hybridized carbons (Fsp3) is 0.368. The number of morpholine rings is 1. The number of aromatic nitrogens is 7. The van der Waals surface area contributed by atoms with E-state index in [4.69, 9.17) is 14.8 Å². The number of hydrogen-bond donors (Lipinski definition) is 1. The van der Waals surface area contributed by atoms with E-state index >= 15 is 0 Å². The van der Waals surface area contributed by atoms with Crippen LogP contribution in [0.4, 0.5) is 5.82 Å². The Hall–Kier alpha value is -3.20. The van der Waals surface area contributed by atoms with Crippen molar-refractivity contribution in [1.82, 2.24) is 34.6 Å². The summed E-state index contributed by atoms with van der Waals surface area (Å²) >= 11 is 0. The topological polar surface area (TPSA) is 89.2 Å². The summed E-state index contributed by atoms with van der Waals surface area (Å²) in [7, 11) is 1.95. The molecule has 144 valence electrons. The van der Waals surface area contributed by atoms with Gasteiger partial charge in [-0.05, 0) is 32.0 Å². The van der Waals surface area contributed by atoms with E-state index in [9.17, 15) is 0 Å². The van der Waals surface area contributed by atoms with Gasteiger partial charge in [0.1, 0.15) is 5.69 Å². The van der Waals surface area contributed by atoms with Gasteiger partial charge in [0.05, 0.1) is 36.2 Å². The van der Waals surface area contributed by atoms with Crippen LogP contribution >= 0.6 is 0 Å². The molecule has 0 unspecified atom stereocenters. The number of aryl methyl sites for hydroxylation is 2. The van der Waals surface area contributed by atoms with Crippen LogP contribution in [0.3, 0.4) is 0 Å². The zero-order valence-electron chi connectivity index (χ0n) is 16.1. The third kappa shape index (κ3) is 2.58. The van der Waals surface area contributed by atoms with Crippen LogP contribution in [-0.4, -0.2) is 60.4 Å². The van der Waals surface area contributed by atoms with Crippen LogP contribution in [0.1, 0.15) is 12.6 Å². The smallest absolute Gasteiger partial charge is 0.179 e. The van der Waals surface area contributed by atoms with Gasteiger partial charge in [-0.25, -0.2) is 9.50 Å². The third-order valence-corrected chi connectivity index (χ3v) is 5.26. The maximum absolute atomic E-state index is 5.61. The summed E-state index contributed by atoms with van der Waals surface area (Å²) < 4.78 is 9.41. The molecule has 0 amide bonds. The van der Waals surface area contributed by atoms with Crippen LogP contribution in [0.25, 0.3) is 28.3 Å². The average Bonchev–Trinajstić information content (AvgIpc) is 3.42. The van der Waals surface area contributed by atoms with Crippen molar-refractivity contribution in [1.29, 1.82) is 0 Å². The molecule has 4 aromatic heterocycles. The number of fused-ring (bicyclic) bond motifs is 1. The summed E-state index contributed by atoms with van der Waals surface area (Å²) in [6.07, 6.45) is 3.53. The van der Waals surface area contributed by atoms with Crippen LogP contribution in [0, 0.1) is 6.92 Å². The van der Waals surface area contributed by atoms with E-state index in [1.807, 2.05) is 41.5 Å². The van der Waals surface area contributed by atoms with E-state index in [0.29, 0.717) is 13.2 Å². The molecule has 0 aromatic carbocycles. The molecule has 9 heteroatoms. The van der Waals surface area contributed by atoms with Crippen molar-refractivity contribution in [2.45, 2.75) is 19.9 Å². The quantitative estimate of drug-likeness (QED) is 0.587. The van der Waals surface area contributed by atoms with Gasteiger partial charge in [-0.15, -0.1) is 5.10 Å². The highest BCUT2D eigenvalue weighted by Crippen LogP contribution is 2.33. The van der Waals surface area contributed by atoms with Gasteiger partial charge < -0.3 is 9.64 Å². The predicted molar refractivity (Wildman–Crippen MR) is 105 cm³/mol. The molecule has 9 nitrogen and oxygen atoms in total. The highest BCUT2D eigenvalue weighted by Gasteiger charge is 2.25. The first-order chi connectivity index (χ1) is 13.6. The number of anilines is 1. The summed E-state index contributed by atoms with van der Waals surface area (Å²) in [5, 5.41) is 16.4. The standard InChI is InChI=1S/C19H22N8O/c1-12-11-28-9-8-26(12)17-10-14(16-5-7-21-25(16)3)18-13(2)22-19(27(18)24-17)15-4-6-20-23-15/h4-7,10,12H,8-9,11H2,1-3H3,(H,20,23)/t12-/m1/s1. The van der Waals surface area contributed by atoms with Crippen molar-refractivity contribution >= 4 is 11.3 Å². The Balaban J connectivity index is 1.80. The first kappa shape index (κ1) is 16.9. The second kappa shape index (κ2) is 6.45. The summed E-state index contributed by atoms with van der Waals surface area (Å²) in [6, 6.07) is 6.31. The summed E-state index contributed by atoms with van der Waals surface area (Å²) in [5.41, 5.74) is 4.79. The highest BCUT2D eigenvalue weighted by molar-refractivity contribution is 5.83. The Kier molecular flexibility index (Phi) is 3.90. The third-order valence-electron chi connectivity index (χ3n) is 5.26. The van der Waals surface area contributed by atoms with Gasteiger partial charge in [0.25, 0.3) is 0 Å². The number of nitrogens with one attached hydrogen (secondary N) is 1. The van der Waals surface area contributed by atoms with Gasteiger partial charge in [0.15, 0.2) is 11.6 Å². The molecule has 1 saturated heterocycles. The minimum Gasteiger partial charge on any atom is -0.377 e. The molecule has 1 aliphatic rings. The maximum atomic E-state index is 5.61. The summed E-state index contributed by atoms with van der Waals surface area (Å²) in [4.78, 5) is 7.08. The molecule has 0 radical (unpaired) electrons. The minimum absolute atomic E-state index is 0.248. The van der Waals surface area contributed by atoms with Crippen molar-refractivity contribution in [2.75, 3.05) is 24.7 Å². The highest BCUT2D eigenvalue weighted by atomic mass is 16.5. The van der Waals surface area contributed by atoms with E-state index in [2.05, 4.69) is 33.2 Å². The lowest BCUT2D eigenvalue weighted by atomic mass is 10.1. The second-order valence-corrected chi connectivity index (χ2v) is 7.13. The number of hydrogen-bond acceptors (Lipinski definition) is 6. The number of H-pyrrole nitrogens is 1. The van der Waals surface area contributed by atoms with Crippen LogP contribution in [0.5, 0.6) is 0 Å². The largest absolute Gasteiger partial charge is 0.377 e. The lowest BCUT2D eigenvalue weighted by Gasteiger charge is -2.34.